The van der Waals surface area contributed by atoms with Gasteiger partial charge in [-0.3, -0.25) is 4.79 Å². The number of nitrogens with zero attached hydrogens (tertiary/aromatic N) is 3. The van der Waals surface area contributed by atoms with Gasteiger partial charge in [0.15, 0.2) is 5.82 Å². The number of H-pyrrole nitrogens is 1. The van der Waals surface area contributed by atoms with Crippen molar-refractivity contribution in [1.29, 1.82) is 5.26 Å². The molecule has 1 fully saturated rings. The van der Waals surface area contributed by atoms with Gasteiger partial charge in [0, 0.05) is 17.2 Å². The van der Waals surface area contributed by atoms with E-state index in [4.69, 9.17) is 5.26 Å². The Morgan fingerprint density at radius 3 is 2.89 bits per heavy atom. The molecule has 1 amide bonds. The van der Waals surface area contributed by atoms with Gasteiger partial charge in [0.2, 0.25) is 5.91 Å². The third-order valence-corrected chi connectivity index (χ3v) is 4.87. The van der Waals surface area contributed by atoms with Gasteiger partial charge in [0.1, 0.15) is 11.3 Å². The van der Waals surface area contributed by atoms with Gasteiger partial charge < -0.3 is 15.6 Å². The van der Waals surface area contributed by atoms with Crippen LogP contribution in [0.25, 0.3) is 11.0 Å². The standard InChI is InChI=1S/C20H20N6O/c1-3-13-8-12(9-21)4-7-15(13)24-18-11(2)16-17(23-10-22-16)19(25-18)26-20(27)14-5-6-14/h4,7-8,10,14H,3,5-6H2,1-2H3,(H,22,23)(H2,24,25,26,27). The van der Waals surface area contributed by atoms with Gasteiger partial charge in [-0.25, -0.2) is 9.97 Å². The number of amides is 1. The van der Waals surface area contributed by atoms with Gasteiger partial charge in [0.05, 0.1) is 23.5 Å². The van der Waals surface area contributed by atoms with E-state index in [1.165, 1.54) is 0 Å². The lowest BCUT2D eigenvalue weighted by Gasteiger charge is -2.15. The van der Waals surface area contributed by atoms with Crippen molar-refractivity contribution in [2.24, 2.45) is 5.92 Å². The van der Waals surface area contributed by atoms with Crippen LogP contribution in [-0.4, -0.2) is 20.9 Å². The molecule has 0 radical (unpaired) electrons. The summed E-state index contributed by atoms with van der Waals surface area (Å²) in [6.45, 7) is 3.99. The highest BCUT2D eigenvalue weighted by atomic mass is 16.2. The van der Waals surface area contributed by atoms with Crippen molar-refractivity contribution in [1.82, 2.24) is 15.0 Å². The maximum absolute atomic E-state index is 12.2. The Morgan fingerprint density at radius 2 is 2.19 bits per heavy atom. The Hall–Kier alpha value is -3.40. The largest absolute Gasteiger partial charge is 0.342 e. The zero-order valence-electron chi connectivity index (χ0n) is 15.3. The van der Waals surface area contributed by atoms with E-state index in [1.807, 2.05) is 26.0 Å². The van der Waals surface area contributed by atoms with Crippen molar-refractivity contribution < 1.29 is 4.79 Å². The quantitative estimate of drug-likeness (QED) is 0.642. The van der Waals surface area contributed by atoms with Crippen LogP contribution in [-0.2, 0) is 11.2 Å². The highest BCUT2D eigenvalue weighted by Crippen LogP contribution is 2.33. The van der Waals surface area contributed by atoms with Gasteiger partial charge in [-0.2, -0.15) is 5.26 Å². The lowest BCUT2D eigenvalue weighted by Crippen LogP contribution is -2.15. The maximum Gasteiger partial charge on any atom is 0.228 e. The molecule has 3 N–H and O–H groups in total. The Balaban J connectivity index is 1.74. The number of carbonyl (C=O) groups excluding carboxylic acids is 1. The van der Waals surface area contributed by atoms with Crippen molar-refractivity contribution in [3.05, 3.63) is 41.2 Å². The van der Waals surface area contributed by atoms with E-state index in [0.29, 0.717) is 17.2 Å². The number of pyridine rings is 1. The summed E-state index contributed by atoms with van der Waals surface area (Å²) in [4.78, 5) is 24.3. The number of carbonyl (C=O) groups is 1. The molecule has 1 aliphatic carbocycles. The number of hydrogen-bond acceptors (Lipinski definition) is 5. The topological polar surface area (TPSA) is 106 Å². The molecule has 2 heterocycles. The number of nitriles is 1. The Labute approximate surface area is 156 Å². The fourth-order valence-corrected chi connectivity index (χ4v) is 3.10. The predicted octanol–water partition coefficient (Wildman–Crippen LogP) is 3.79. The number of rotatable bonds is 5. The van der Waals surface area contributed by atoms with E-state index >= 15 is 0 Å². The highest BCUT2D eigenvalue weighted by Gasteiger charge is 2.30. The summed E-state index contributed by atoms with van der Waals surface area (Å²) in [6, 6.07) is 7.70. The van der Waals surface area contributed by atoms with Crippen LogP contribution < -0.4 is 10.6 Å². The van der Waals surface area contributed by atoms with Crippen molar-refractivity contribution in [3.8, 4) is 6.07 Å². The van der Waals surface area contributed by atoms with Crippen molar-refractivity contribution in [2.75, 3.05) is 10.6 Å². The van der Waals surface area contributed by atoms with Crippen LogP contribution >= 0.6 is 0 Å². The third-order valence-electron chi connectivity index (χ3n) is 4.87. The van der Waals surface area contributed by atoms with Crippen LogP contribution in [0.2, 0.25) is 0 Å². The molecule has 1 aromatic carbocycles. The van der Waals surface area contributed by atoms with Crippen LogP contribution in [0.15, 0.2) is 24.5 Å². The molecule has 0 spiro atoms. The molecule has 0 atom stereocenters. The number of aryl methyl sites for hydroxylation is 2. The molecule has 0 aliphatic heterocycles. The minimum atomic E-state index is 0.000762. The molecular formula is C20H20N6O. The SMILES string of the molecule is CCc1cc(C#N)ccc1Nc1nc(NC(=O)C2CC2)c2[nH]cnc2c1C. The minimum Gasteiger partial charge on any atom is -0.342 e. The molecule has 136 valence electrons. The Morgan fingerprint density at radius 1 is 1.37 bits per heavy atom. The van der Waals surface area contributed by atoms with E-state index in [9.17, 15) is 4.79 Å². The van der Waals surface area contributed by atoms with Gasteiger partial charge in [-0.15, -0.1) is 0 Å². The molecule has 1 saturated carbocycles. The lowest BCUT2D eigenvalue weighted by molar-refractivity contribution is -0.117. The summed E-state index contributed by atoms with van der Waals surface area (Å²) >= 11 is 0. The normalized spacial score (nSPS) is 13.4. The molecule has 7 nitrogen and oxygen atoms in total. The molecular weight excluding hydrogens is 340 g/mol. The first-order valence-electron chi connectivity index (χ1n) is 9.05. The molecule has 7 heteroatoms. The number of aromatic nitrogens is 3. The summed E-state index contributed by atoms with van der Waals surface area (Å²) in [6.07, 6.45) is 4.25. The smallest absolute Gasteiger partial charge is 0.228 e. The number of anilines is 3. The average Bonchev–Trinajstić information content (AvgIpc) is 3.42. The zero-order chi connectivity index (χ0) is 19.0. The van der Waals surface area contributed by atoms with Crippen LogP contribution in [0.5, 0.6) is 0 Å². The second-order valence-electron chi connectivity index (χ2n) is 6.79. The third kappa shape index (κ3) is 3.22. The van der Waals surface area contributed by atoms with E-state index in [-0.39, 0.29) is 11.8 Å². The van der Waals surface area contributed by atoms with Crippen LogP contribution in [0.4, 0.5) is 17.3 Å². The molecule has 0 saturated heterocycles. The Bertz CT molecular complexity index is 1070. The first-order chi connectivity index (χ1) is 13.1. The molecule has 4 rings (SSSR count). The number of fused-ring (bicyclic) bond motifs is 1. The van der Waals surface area contributed by atoms with E-state index < -0.39 is 0 Å². The summed E-state index contributed by atoms with van der Waals surface area (Å²) in [5, 5.41) is 15.4. The molecule has 2 aromatic heterocycles. The number of hydrogen-bond donors (Lipinski definition) is 3. The summed E-state index contributed by atoms with van der Waals surface area (Å²) < 4.78 is 0. The number of benzene rings is 1. The van der Waals surface area contributed by atoms with Crippen molar-refractivity contribution in [2.45, 2.75) is 33.1 Å². The maximum atomic E-state index is 12.2. The van der Waals surface area contributed by atoms with E-state index in [0.717, 1.165) is 47.1 Å². The molecule has 0 bridgehead atoms. The second-order valence-corrected chi connectivity index (χ2v) is 6.79. The van der Waals surface area contributed by atoms with Gasteiger partial charge in [0.25, 0.3) is 0 Å². The number of aromatic amines is 1. The monoisotopic (exact) mass is 360 g/mol. The van der Waals surface area contributed by atoms with Gasteiger partial charge in [-0.1, -0.05) is 6.92 Å². The van der Waals surface area contributed by atoms with E-state index in [1.54, 1.807) is 12.4 Å². The first-order valence-corrected chi connectivity index (χ1v) is 9.05. The lowest BCUT2D eigenvalue weighted by atomic mass is 10.1. The average molecular weight is 360 g/mol. The number of imidazole rings is 1. The van der Waals surface area contributed by atoms with E-state index in [2.05, 4.69) is 31.7 Å². The first kappa shape index (κ1) is 17.0. The fraction of sp³-hybridized carbons (Fsp3) is 0.300. The van der Waals surface area contributed by atoms with Crippen LogP contribution in [0.1, 0.15) is 36.5 Å². The minimum absolute atomic E-state index is 0.000762. The Kier molecular flexibility index (Phi) is 4.24. The van der Waals surface area contributed by atoms with Gasteiger partial charge in [-0.05, 0) is 49.9 Å². The van der Waals surface area contributed by atoms with Crippen LogP contribution in [0.3, 0.4) is 0 Å². The summed E-state index contributed by atoms with van der Waals surface area (Å²) in [7, 11) is 0. The highest BCUT2D eigenvalue weighted by molar-refractivity contribution is 6.01. The molecule has 1 aliphatic rings. The molecule has 0 unspecified atom stereocenters. The molecule has 27 heavy (non-hydrogen) atoms. The number of nitrogens with one attached hydrogen (secondary N) is 3. The molecule has 3 aromatic rings. The van der Waals surface area contributed by atoms with Crippen molar-refractivity contribution >= 4 is 34.3 Å². The van der Waals surface area contributed by atoms with Crippen molar-refractivity contribution in [3.63, 3.8) is 0 Å². The van der Waals surface area contributed by atoms with Crippen LogP contribution in [0, 0.1) is 24.2 Å². The second kappa shape index (κ2) is 6.72. The fourth-order valence-electron chi connectivity index (χ4n) is 3.10. The summed E-state index contributed by atoms with van der Waals surface area (Å²) in [5.41, 5.74) is 4.93. The predicted molar refractivity (Wildman–Crippen MR) is 104 cm³/mol. The summed E-state index contributed by atoms with van der Waals surface area (Å²) in [5.74, 6) is 1.22. The zero-order valence-corrected chi connectivity index (χ0v) is 15.3. The van der Waals surface area contributed by atoms with Gasteiger partial charge >= 0.3 is 0 Å².